The summed E-state index contributed by atoms with van der Waals surface area (Å²) in [4.78, 5) is 4.80. The van der Waals surface area contributed by atoms with Crippen molar-refractivity contribution in [1.29, 1.82) is 0 Å². The van der Waals surface area contributed by atoms with Gasteiger partial charge in [-0.3, -0.25) is 5.26 Å². The Kier molecular flexibility index (Phi) is 7.83. The summed E-state index contributed by atoms with van der Waals surface area (Å²) in [6.45, 7) is 8.62. The van der Waals surface area contributed by atoms with Crippen LogP contribution in [-0.4, -0.2) is 11.9 Å². The lowest BCUT2D eigenvalue weighted by Gasteiger charge is -2.15. The lowest BCUT2D eigenvalue weighted by Crippen LogP contribution is -2.04. The molecule has 0 amide bonds. The van der Waals surface area contributed by atoms with E-state index in [-0.39, 0.29) is 0 Å². The monoisotopic (exact) mass is 402 g/mol. The zero-order valence-corrected chi connectivity index (χ0v) is 17.8. The molecule has 2 unspecified atom stereocenters. The van der Waals surface area contributed by atoms with Crippen LogP contribution in [0.15, 0.2) is 85.5 Å². The van der Waals surface area contributed by atoms with Gasteiger partial charge in [0.25, 0.3) is 0 Å². The molecule has 3 aromatic rings. The topological polar surface area (TPSA) is 38.7 Å². The minimum absolute atomic E-state index is 0.458. The number of rotatable bonds is 10. The first-order valence-electron chi connectivity index (χ1n) is 10.5. The number of hydrogen-bond donors (Lipinski definition) is 1. The van der Waals surface area contributed by atoms with E-state index in [1.54, 1.807) is 6.08 Å². The third-order valence-corrected chi connectivity index (χ3v) is 5.44. The highest BCUT2D eigenvalue weighted by Crippen LogP contribution is 2.29. The molecule has 0 saturated heterocycles. The van der Waals surface area contributed by atoms with Gasteiger partial charge < -0.3 is 4.74 Å². The van der Waals surface area contributed by atoms with E-state index in [0.29, 0.717) is 12.5 Å². The second-order valence-electron chi connectivity index (χ2n) is 7.69. The maximum absolute atomic E-state index is 9.51. The van der Waals surface area contributed by atoms with E-state index < -0.39 is 6.10 Å². The average Bonchev–Trinajstić information content (AvgIpc) is 2.80. The summed E-state index contributed by atoms with van der Waals surface area (Å²) < 4.78 is 5.51. The molecule has 0 heterocycles. The molecule has 2 atom stereocenters. The molecule has 0 aliphatic carbocycles. The van der Waals surface area contributed by atoms with E-state index in [1.165, 1.54) is 17.5 Å². The zero-order valence-electron chi connectivity index (χ0n) is 17.8. The summed E-state index contributed by atoms with van der Waals surface area (Å²) in [5.74, 6) is 1.45. The van der Waals surface area contributed by atoms with Crippen LogP contribution in [0.25, 0.3) is 11.1 Å². The second-order valence-corrected chi connectivity index (χ2v) is 7.69. The molecular formula is C27H30O3. The largest absolute Gasteiger partial charge is 0.490 e. The molecule has 3 heteroatoms. The Morgan fingerprint density at radius 1 is 0.867 bits per heavy atom. The molecule has 0 spiro atoms. The van der Waals surface area contributed by atoms with Crippen molar-refractivity contribution in [3.05, 3.63) is 102 Å². The maximum atomic E-state index is 9.51. The lowest BCUT2D eigenvalue weighted by molar-refractivity contribution is -0.270. The van der Waals surface area contributed by atoms with Gasteiger partial charge in [0.05, 0.1) is 0 Å². The van der Waals surface area contributed by atoms with Crippen LogP contribution in [0.3, 0.4) is 0 Å². The molecule has 3 aromatic carbocycles. The predicted octanol–water partition coefficient (Wildman–Crippen LogP) is 7.09. The van der Waals surface area contributed by atoms with Crippen LogP contribution < -0.4 is 4.74 Å². The van der Waals surface area contributed by atoms with Crippen LogP contribution in [0.5, 0.6) is 5.75 Å². The van der Waals surface area contributed by atoms with Crippen molar-refractivity contribution in [2.75, 3.05) is 6.61 Å². The molecule has 3 nitrogen and oxygen atoms in total. The lowest BCUT2D eigenvalue weighted by atomic mass is 9.95. The van der Waals surface area contributed by atoms with Crippen molar-refractivity contribution < 1.29 is 14.9 Å². The van der Waals surface area contributed by atoms with Gasteiger partial charge in [-0.1, -0.05) is 93.6 Å². The van der Waals surface area contributed by atoms with Gasteiger partial charge in [-0.05, 0) is 52.3 Å². The molecule has 1 N–H and O–H groups in total. The van der Waals surface area contributed by atoms with Crippen LogP contribution in [0.2, 0.25) is 0 Å². The van der Waals surface area contributed by atoms with Crippen LogP contribution in [-0.2, 0) is 11.3 Å². The summed E-state index contributed by atoms with van der Waals surface area (Å²) in [6.07, 6.45) is 3.46. The van der Waals surface area contributed by atoms with E-state index in [2.05, 4.69) is 56.8 Å². The Morgan fingerprint density at radius 3 is 1.90 bits per heavy atom. The number of hydrogen-bond acceptors (Lipinski definition) is 3. The van der Waals surface area contributed by atoms with Gasteiger partial charge in [0.15, 0.2) is 0 Å². The van der Waals surface area contributed by atoms with Gasteiger partial charge in [0, 0.05) is 0 Å². The van der Waals surface area contributed by atoms with Crippen LogP contribution in [0, 0.1) is 5.92 Å². The predicted molar refractivity (Wildman–Crippen MR) is 123 cm³/mol. The Hall–Kier alpha value is -2.88. The fraction of sp³-hybridized carbons (Fsp3) is 0.259. The third-order valence-electron chi connectivity index (χ3n) is 5.44. The highest BCUT2D eigenvalue weighted by molar-refractivity contribution is 5.64. The summed E-state index contributed by atoms with van der Waals surface area (Å²) >= 11 is 0. The molecule has 0 aliphatic heterocycles. The van der Waals surface area contributed by atoms with Gasteiger partial charge in [0.2, 0.25) is 0 Å². The molecule has 3 rings (SSSR count). The van der Waals surface area contributed by atoms with Gasteiger partial charge in [-0.2, -0.15) is 0 Å². The third kappa shape index (κ3) is 5.59. The molecule has 0 fully saturated rings. The fourth-order valence-electron chi connectivity index (χ4n) is 3.44. The van der Waals surface area contributed by atoms with Crippen LogP contribution in [0.4, 0.5) is 0 Å². The van der Waals surface area contributed by atoms with Gasteiger partial charge in [0.1, 0.15) is 18.5 Å². The fourth-order valence-corrected chi connectivity index (χ4v) is 3.44. The first kappa shape index (κ1) is 21.8. The second kappa shape index (κ2) is 10.8. The molecule has 0 aliphatic rings. The van der Waals surface area contributed by atoms with Crippen LogP contribution >= 0.6 is 0 Å². The summed E-state index contributed by atoms with van der Waals surface area (Å²) in [5, 5.41) is 9.51. The van der Waals surface area contributed by atoms with Crippen molar-refractivity contribution in [3.63, 3.8) is 0 Å². The zero-order chi connectivity index (χ0) is 21.3. The molecular weight excluding hydrogens is 372 g/mol. The number of ether oxygens (including phenoxy) is 1. The SMILES string of the molecule is C=CCOc1ccc(C(OO)c2ccc(-c3ccc(CC(C)CC)cc3)cc2)cc1. The first-order chi connectivity index (χ1) is 14.6. The first-order valence-corrected chi connectivity index (χ1v) is 10.5. The summed E-state index contributed by atoms with van der Waals surface area (Å²) in [5.41, 5.74) is 5.43. The molecule has 0 aromatic heterocycles. The van der Waals surface area contributed by atoms with E-state index in [1.807, 2.05) is 36.4 Å². The minimum atomic E-state index is -0.551. The number of benzene rings is 3. The molecule has 0 saturated carbocycles. The van der Waals surface area contributed by atoms with E-state index in [4.69, 9.17) is 9.62 Å². The molecule has 0 bridgehead atoms. The van der Waals surface area contributed by atoms with Crippen molar-refractivity contribution in [2.45, 2.75) is 32.8 Å². The maximum Gasteiger partial charge on any atom is 0.143 e. The summed E-state index contributed by atoms with van der Waals surface area (Å²) in [6, 6.07) is 24.4. The Balaban J connectivity index is 1.72. The van der Waals surface area contributed by atoms with Gasteiger partial charge in [-0.15, -0.1) is 0 Å². The van der Waals surface area contributed by atoms with Crippen LogP contribution in [0.1, 0.15) is 43.1 Å². The van der Waals surface area contributed by atoms with E-state index >= 15 is 0 Å². The van der Waals surface area contributed by atoms with E-state index in [0.717, 1.165) is 28.9 Å². The standard InChI is InChI=1S/C27H30O3/c1-4-18-29-26-16-14-25(15-17-26)27(30-28)24-12-10-23(11-13-24)22-8-6-21(7-9-22)19-20(3)5-2/h4,6-17,20,27-28H,1,5,18-19H2,2-3H3. The van der Waals surface area contributed by atoms with E-state index in [9.17, 15) is 5.26 Å². The highest BCUT2D eigenvalue weighted by atomic mass is 17.1. The van der Waals surface area contributed by atoms with Gasteiger partial charge >= 0.3 is 0 Å². The summed E-state index contributed by atoms with van der Waals surface area (Å²) in [7, 11) is 0. The molecule has 30 heavy (non-hydrogen) atoms. The minimum Gasteiger partial charge on any atom is -0.490 e. The Morgan fingerprint density at radius 2 is 1.40 bits per heavy atom. The molecule has 0 radical (unpaired) electrons. The molecule has 156 valence electrons. The Labute approximate surface area is 179 Å². The normalized spacial score (nSPS) is 12.9. The smallest absolute Gasteiger partial charge is 0.143 e. The Bertz CT molecular complexity index is 912. The average molecular weight is 403 g/mol. The highest BCUT2D eigenvalue weighted by Gasteiger charge is 2.15. The van der Waals surface area contributed by atoms with Gasteiger partial charge in [-0.25, -0.2) is 4.89 Å². The van der Waals surface area contributed by atoms with Crippen molar-refractivity contribution >= 4 is 0 Å². The van der Waals surface area contributed by atoms with Crippen molar-refractivity contribution in [2.24, 2.45) is 5.92 Å². The van der Waals surface area contributed by atoms with Crippen molar-refractivity contribution in [3.8, 4) is 16.9 Å². The van der Waals surface area contributed by atoms with Crippen molar-refractivity contribution in [1.82, 2.24) is 0 Å². The quantitative estimate of drug-likeness (QED) is 0.224.